The van der Waals surface area contributed by atoms with Gasteiger partial charge in [0.2, 0.25) is 11.7 Å². The van der Waals surface area contributed by atoms with E-state index in [0.717, 1.165) is 42.9 Å². The largest absolute Gasteiger partial charge is 0.505 e. The van der Waals surface area contributed by atoms with Crippen molar-refractivity contribution in [1.82, 2.24) is 4.98 Å². The number of rotatable bonds is 3. The summed E-state index contributed by atoms with van der Waals surface area (Å²) in [5.74, 6) is 0.273. The van der Waals surface area contributed by atoms with Gasteiger partial charge >= 0.3 is 0 Å². The molecule has 3 heterocycles. The van der Waals surface area contributed by atoms with Gasteiger partial charge in [-0.2, -0.15) is 0 Å². The van der Waals surface area contributed by atoms with Crippen LogP contribution in [0.5, 0.6) is 5.75 Å². The first-order valence-electron chi connectivity index (χ1n) is 8.30. The third-order valence-electron chi connectivity index (χ3n) is 4.68. The number of phenolic OH excluding ortho intramolecular Hbond substituents is 1. The molecule has 122 valence electrons. The van der Waals surface area contributed by atoms with Crippen LogP contribution in [0.3, 0.4) is 0 Å². The molecule has 3 aromatic rings. The van der Waals surface area contributed by atoms with Crippen LogP contribution in [0, 0.1) is 0 Å². The lowest BCUT2D eigenvalue weighted by Gasteiger charge is -2.30. The summed E-state index contributed by atoms with van der Waals surface area (Å²) in [6.07, 6.45) is 3.65. The average molecular weight is 323 g/mol. The van der Waals surface area contributed by atoms with E-state index in [4.69, 9.17) is 4.74 Å². The second kappa shape index (κ2) is 6.55. The van der Waals surface area contributed by atoms with E-state index < -0.39 is 0 Å². The minimum atomic E-state index is 0.0292. The zero-order valence-electron chi connectivity index (χ0n) is 13.4. The molecule has 5 heteroatoms. The highest BCUT2D eigenvalue weighted by molar-refractivity contribution is 5.85. The van der Waals surface area contributed by atoms with Crippen LogP contribution in [0.2, 0.25) is 0 Å². The number of hydrogen-bond acceptors (Lipinski definition) is 3. The van der Waals surface area contributed by atoms with E-state index in [1.165, 1.54) is 4.90 Å². The number of quaternary nitrogens is 1. The summed E-state index contributed by atoms with van der Waals surface area (Å²) in [5.41, 5.74) is 2.64. The van der Waals surface area contributed by atoms with Gasteiger partial charge in [0.25, 0.3) is 0 Å². The van der Waals surface area contributed by atoms with Gasteiger partial charge in [-0.3, -0.25) is 4.98 Å². The lowest BCUT2D eigenvalue weighted by Crippen LogP contribution is -3.14. The Morgan fingerprint density at radius 1 is 1.08 bits per heavy atom. The number of nitrogens with one attached hydrogen (secondary N) is 2. The molecule has 1 unspecified atom stereocenters. The fraction of sp³-hybridized carbons (Fsp3) is 0.263. The molecule has 0 saturated carbocycles. The first-order chi connectivity index (χ1) is 11.8. The van der Waals surface area contributed by atoms with Crippen LogP contribution < -0.4 is 9.88 Å². The summed E-state index contributed by atoms with van der Waals surface area (Å²) < 4.78 is 5.52. The summed E-state index contributed by atoms with van der Waals surface area (Å²) in [5, 5.41) is 11.8. The van der Waals surface area contributed by atoms with Crippen LogP contribution in [0.4, 0.5) is 0 Å². The van der Waals surface area contributed by atoms with Crippen LogP contribution >= 0.6 is 0 Å². The van der Waals surface area contributed by atoms with E-state index in [0.29, 0.717) is 5.52 Å². The van der Waals surface area contributed by atoms with Crippen molar-refractivity contribution in [2.24, 2.45) is 0 Å². The molecule has 1 saturated heterocycles. The number of hydrogen-bond donors (Lipinski definition) is 2. The Hall–Kier alpha value is -2.50. The molecule has 0 spiro atoms. The maximum atomic E-state index is 10.9. The fourth-order valence-corrected chi connectivity index (χ4v) is 3.49. The van der Waals surface area contributed by atoms with Gasteiger partial charge in [0, 0.05) is 23.7 Å². The maximum absolute atomic E-state index is 10.9. The number of H-pyrrole nitrogens is 1. The molecule has 3 N–H and O–H groups in total. The second-order valence-corrected chi connectivity index (χ2v) is 6.10. The number of morpholine rings is 1. The van der Waals surface area contributed by atoms with E-state index in [1.54, 1.807) is 6.20 Å². The van der Waals surface area contributed by atoms with Gasteiger partial charge in [-0.15, -0.1) is 0 Å². The Kier molecular flexibility index (Phi) is 4.11. The SMILES string of the molecule is Oc1c(C(c2cccc[nH+]2)[NH+]2CCOCC2)ccc2cccnc12. The highest BCUT2D eigenvalue weighted by Crippen LogP contribution is 2.32. The van der Waals surface area contributed by atoms with Crippen molar-refractivity contribution in [1.29, 1.82) is 0 Å². The number of phenols is 1. The van der Waals surface area contributed by atoms with Gasteiger partial charge in [-0.25, -0.2) is 4.98 Å². The minimum absolute atomic E-state index is 0.0292. The summed E-state index contributed by atoms with van der Waals surface area (Å²) in [7, 11) is 0. The van der Waals surface area contributed by atoms with Crippen molar-refractivity contribution < 1.29 is 19.7 Å². The highest BCUT2D eigenvalue weighted by Gasteiger charge is 2.34. The van der Waals surface area contributed by atoms with Crippen molar-refractivity contribution >= 4 is 10.9 Å². The topological polar surface area (TPSA) is 60.9 Å². The molecule has 1 aliphatic heterocycles. The fourth-order valence-electron chi connectivity index (χ4n) is 3.49. The van der Waals surface area contributed by atoms with Crippen LogP contribution in [0.15, 0.2) is 54.9 Å². The van der Waals surface area contributed by atoms with E-state index in [-0.39, 0.29) is 11.8 Å². The van der Waals surface area contributed by atoms with Gasteiger partial charge < -0.3 is 14.7 Å². The Balaban J connectivity index is 1.85. The van der Waals surface area contributed by atoms with Crippen LogP contribution in [-0.2, 0) is 4.74 Å². The molecule has 1 fully saturated rings. The molecule has 0 radical (unpaired) electrons. The molecule has 0 aliphatic carbocycles. The zero-order valence-corrected chi connectivity index (χ0v) is 13.4. The standard InChI is InChI=1S/C19H19N3O2/c23-19-15(7-6-14-4-3-9-21-17(14)19)18(16-5-1-2-8-20-16)22-10-12-24-13-11-22/h1-9,18,23H,10-13H2/p+2. The maximum Gasteiger partial charge on any atom is 0.243 e. The predicted molar refractivity (Wildman–Crippen MR) is 89.8 cm³/mol. The molecule has 5 nitrogen and oxygen atoms in total. The normalized spacial score (nSPS) is 17.0. The van der Waals surface area contributed by atoms with Gasteiger partial charge in [-0.05, 0) is 18.2 Å². The van der Waals surface area contributed by atoms with Gasteiger partial charge in [0.05, 0.1) is 18.8 Å². The van der Waals surface area contributed by atoms with Gasteiger partial charge in [-0.1, -0.05) is 12.1 Å². The number of fused-ring (bicyclic) bond motifs is 1. The van der Waals surface area contributed by atoms with E-state index in [9.17, 15) is 5.11 Å². The molecule has 4 rings (SSSR count). The minimum Gasteiger partial charge on any atom is -0.505 e. The second-order valence-electron chi connectivity index (χ2n) is 6.10. The molecule has 2 aromatic heterocycles. The monoisotopic (exact) mass is 323 g/mol. The highest BCUT2D eigenvalue weighted by atomic mass is 16.5. The van der Waals surface area contributed by atoms with Crippen molar-refractivity contribution in [3.63, 3.8) is 0 Å². The zero-order chi connectivity index (χ0) is 16.4. The van der Waals surface area contributed by atoms with Crippen LogP contribution in [-0.4, -0.2) is 36.4 Å². The lowest BCUT2D eigenvalue weighted by atomic mass is 9.98. The Morgan fingerprint density at radius 3 is 2.75 bits per heavy atom. The number of nitrogens with zero attached hydrogens (tertiary/aromatic N) is 1. The molecular weight excluding hydrogens is 302 g/mol. The number of aromatic amines is 1. The van der Waals surface area contributed by atoms with Gasteiger partial charge in [0.15, 0.2) is 11.9 Å². The Labute approximate surface area is 140 Å². The van der Waals surface area contributed by atoms with Gasteiger partial charge in [0.1, 0.15) is 18.6 Å². The van der Waals surface area contributed by atoms with Crippen molar-refractivity contribution in [3.05, 3.63) is 66.1 Å². The lowest BCUT2D eigenvalue weighted by molar-refractivity contribution is -0.937. The van der Waals surface area contributed by atoms with E-state index in [2.05, 4.69) is 16.0 Å². The molecule has 24 heavy (non-hydrogen) atoms. The van der Waals surface area contributed by atoms with Crippen LogP contribution in [0.1, 0.15) is 17.3 Å². The van der Waals surface area contributed by atoms with Crippen molar-refractivity contribution in [3.8, 4) is 5.75 Å². The molecule has 1 atom stereocenters. The van der Waals surface area contributed by atoms with Crippen molar-refractivity contribution in [2.45, 2.75) is 6.04 Å². The third kappa shape index (κ3) is 2.72. The molecule has 0 amide bonds. The quantitative estimate of drug-likeness (QED) is 0.748. The molecular formula is C19H21N3O2+2. The first-order valence-corrected chi connectivity index (χ1v) is 8.30. The molecule has 1 aliphatic rings. The third-order valence-corrected chi connectivity index (χ3v) is 4.68. The number of aromatic nitrogens is 2. The number of pyridine rings is 2. The molecule has 1 aromatic carbocycles. The average Bonchev–Trinajstić information content (AvgIpc) is 2.66. The smallest absolute Gasteiger partial charge is 0.243 e. The van der Waals surface area contributed by atoms with Crippen LogP contribution in [0.25, 0.3) is 10.9 Å². The number of ether oxygens (including phenoxy) is 1. The number of benzene rings is 1. The Bertz CT molecular complexity index is 832. The summed E-state index contributed by atoms with van der Waals surface area (Å²) in [4.78, 5) is 9.10. The summed E-state index contributed by atoms with van der Waals surface area (Å²) in [6.45, 7) is 3.30. The van der Waals surface area contributed by atoms with E-state index in [1.807, 2.05) is 42.6 Å². The predicted octanol–water partition coefficient (Wildman–Crippen LogP) is 0.759. The first kappa shape index (κ1) is 15.1. The summed E-state index contributed by atoms with van der Waals surface area (Å²) in [6, 6.07) is 14.0. The number of aromatic hydroxyl groups is 1. The van der Waals surface area contributed by atoms with Crippen molar-refractivity contribution in [2.75, 3.05) is 26.3 Å². The van der Waals surface area contributed by atoms with E-state index >= 15 is 0 Å². The molecule has 0 bridgehead atoms. The summed E-state index contributed by atoms with van der Waals surface area (Å²) >= 11 is 0. The Morgan fingerprint density at radius 2 is 1.96 bits per heavy atom.